The summed E-state index contributed by atoms with van der Waals surface area (Å²) in [5.41, 5.74) is -0.317. The summed E-state index contributed by atoms with van der Waals surface area (Å²) in [6.07, 6.45) is 5.15. The molecule has 0 aromatic carbocycles. The van der Waals surface area contributed by atoms with E-state index in [0.717, 1.165) is 70.8 Å². The highest BCUT2D eigenvalue weighted by atomic mass is 127. The molecular formula is C19H40IN5O2. The third kappa shape index (κ3) is 9.43. The van der Waals surface area contributed by atoms with Gasteiger partial charge in [-0.15, -0.1) is 24.0 Å². The maximum absolute atomic E-state index is 12.7. The second-order valence-corrected chi connectivity index (χ2v) is 7.46. The molecule has 0 aliphatic heterocycles. The molecule has 8 heteroatoms. The van der Waals surface area contributed by atoms with Crippen LogP contribution in [0.1, 0.15) is 39.0 Å². The van der Waals surface area contributed by atoms with Crippen LogP contribution in [-0.2, 0) is 9.53 Å². The summed E-state index contributed by atoms with van der Waals surface area (Å²) in [6, 6.07) is 0. The van der Waals surface area contributed by atoms with Gasteiger partial charge in [0.05, 0.1) is 12.0 Å². The highest BCUT2D eigenvalue weighted by Crippen LogP contribution is 2.39. The average molecular weight is 497 g/mol. The van der Waals surface area contributed by atoms with Crippen molar-refractivity contribution in [3.05, 3.63) is 0 Å². The van der Waals surface area contributed by atoms with Gasteiger partial charge in [-0.3, -0.25) is 9.79 Å². The number of nitrogens with one attached hydrogen (secondary N) is 2. The summed E-state index contributed by atoms with van der Waals surface area (Å²) >= 11 is 0. The highest BCUT2D eigenvalue weighted by Gasteiger charge is 2.41. The van der Waals surface area contributed by atoms with Crippen LogP contribution in [-0.4, -0.2) is 89.3 Å². The Morgan fingerprint density at radius 1 is 1.15 bits per heavy atom. The number of hydrogen-bond acceptors (Lipinski definition) is 4. The number of aliphatic imine (C=N–C) groups is 1. The Morgan fingerprint density at radius 2 is 1.81 bits per heavy atom. The molecule has 1 saturated carbocycles. The van der Waals surface area contributed by atoms with Gasteiger partial charge in [0.15, 0.2) is 5.96 Å². The van der Waals surface area contributed by atoms with Crippen LogP contribution in [0, 0.1) is 5.41 Å². The van der Waals surface area contributed by atoms with Crippen molar-refractivity contribution in [3.8, 4) is 0 Å². The third-order valence-corrected chi connectivity index (χ3v) is 4.98. The molecule has 160 valence electrons. The second-order valence-electron chi connectivity index (χ2n) is 7.46. The third-order valence-electron chi connectivity index (χ3n) is 4.98. The highest BCUT2D eigenvalue weighted by molar-refractivity contribution is 14.0. The molecule has 0 aromatic heterocycles. The number of hydrogen-bond donors (Lipinski definition) is 2. The topological polar surface area (TPSA) is 69.2 Å². The first-order valence-electron chi connectivity index (χ1n) is 9.86. The number of methoxy groups -OCH3 is 1. The number of amides is 1. The number of rotatable bonds is 11. The minimum Gasteiger partial charge on any atom is -0.385 e. The lowest BCUT2D eigenvalue weighted by Gasteiger charge is -2.29. The van der Waals surface area contributed by atoms with Gasteiger partial charge in [0.1, 0.15) is 0 Å². The molecule has 1 aliphatic carbocycles. The van der Waals surface area contributed by atoms with Gasteiger partial charge in [0, 0.05) is 54.0 Å². The molecule has 0 heterocycles. The number of guanidine groups is 1. The van der Waals surface area contributed by atoms with Crippen LogP contribution in [0.25, 0.3) is 0 Å². The minimum absolute atomic E-state index is 0. The number of carbonyl (C=O) groups excluding carboxylic acids is 1. The number of ether oxygens (including phenoxy) is 1. The first kappa shape index (κ1) is 26.4. The van der Waals surface area contributed by atoms with Gasteiger partial charge in [0.2, 0.25) is 5.91 Å². The maximum atomic E-state index is 12.7. The molecule has 0 atom stereocenters. The lowest BCUT2D eigenvalue weighted by molar-refractivity contribution is -0.138. The minimum atomic E-state index is -0.317. The van der Waals surface area contributed by atoms with Crippen molar-refractivity contribution in [2.75, 3.05) is 67.6 Å². The Bertz CT molecular complexity index is 440. The number of likely N-dealkylation sites (N-methyl/N-ethyl adjacent to an activating group) is 1. The van der Waals surface area contributed by atoms with Gasteiger partial charge >= 0.3 is 0 Å². The second kappa shape index (κ2) is 14.4. The molecule has 1 aliphatic rings. The van der Waals surface area contributed by atoms with Crippen LogP contribution in [0.4, 0.5) is 0 Å². The summed E-state index contributed by atoms with van der Waals surface area (Å²) in [4.78, 5) is 21.4. The zero-order valence-electron chi connectivity index (χ0n) is 17.8. The van der Waals surface area contributed by atoms with Crippen molar-refractivity contribution in [1.82, 2.24) is 20.4 Å². The monoisotopic (exact) mass is 497 g/mol. The van der Waals surface area contributed by atoms with E-state index in [2.05, 4.69) is 29.5 Å². The smallest absolute Gasteiger partial charge is 0.230 e. The Morgan fingerprint density at radius 3 is 2.37 bits per heavy atom. The van der Waals surface area contributed by atoms with E-state index in [1.807, 2.05) is 14.1 Å². The van der Waals surface area contributed by atoms with Crippen molar-refractivity contribution in [1.29, 1.82) is 0 Å². The largest absolute Gasteiger partial charge is 0.385 e. The molecule has 0 aromatic rings. The van der Waals surface area contributed by atoms with Crippen LogP contribution >= 0.6 is 24.0 Å². The number of nitrogens with zero attached hydrogens (tertiary/aromatic N) is 3. The van der Waals surface area contributed by atoms with Crippen LogP contribution < -0.4 is 10.6 Å². The fraction of sp³-hybridized carbons (Fsp3) is 0.895. The molecule has 27 heavy (non-hydrogen) atoms. The van der Waals surface area contributed by atoms with E-state index in [4.69, 9.17) is 9.73 Å². The van der Waals surface area contributed by atoms with E-state index in [0.29, 0.717) is 6.54 Å². The van der Waals surface area contributed by atoms with Crippen LogP contribution in [0.2, 0.25) is 0 Å². The summed E-state index contributed by atoms with van der Waals surface area (Å²) < 4.78 is 5.09. The molecule has 0 unspecified atom stereocenters. The lowest BCUT2D eigenvalue weighted by Crippen LogP contribution is -2.44. The molecule has 1 fully saturated rings. The molecule has 1 amide bonds. The quantitative estimate of drug-likeness (QED) is 0.197. The molecular weight excluding hydrogens is 457 g/mol. The van der Waals surface area contributed by atoms with Crippen LogP contribution in [0.5, 0.6) is 0 Å². The standard InChI is InChI=1S/C19H39N5O2.HI/c1-6-20-18(21-12-14-24(4)13-9-15-26-5)22-16-19(10-7-8-11-19)17(25)23(2)3;/h6-16H2,1-5H3,(H2,20,21,22);1H. The van der Waals surface area contributed by atoms with Crippen molar-refractivity contribution in [3.63, 3.8) is 0 Å². The van der Waals surface area contributed by atoms with Gasteiger partial charge in [-0.25, -0.2) is 0 Å². The van der Waals surface area contributed by atoms with Crippen molar-refractivity contribution in [2.45, 2.75) is 39.0 Å². The van der Waals surface area contributed by atoms with Crippen molar-refractivity contribution >= 4 is 35.8 Å². The number of halogens is 1. The van der Waals surface area contributed by atoms with Gasteiger partial charge < -0.3 is 25.2 Å². The molecule has 0 saturated heterocycles. The first-order chi connectivity index (χ1) is 12.4. The summed E-state index contributed by atoms with van der Waals surface area (Å²) in [6.45, 7) is 7.00. The van der Waals surface area contributed by atoms with E-state index >= 15 is 0 Å². The molecule has 0 spiro atoms. The fourth-order valence-corrected chi connectivity index (χ4v) is 3.49. The first-order valence-corrected chi connectivity index (χ1v) is 9.86. The predicted octanol–water partition coefficient (Wildman–Crippen LogP) is 1.78. The maximum Gasteiger partial charge on any atom is 0.230 e. The lowest BCUT2D eigenvalue weighted by atomic mass is 9.85. The van der Waals surface area contributed by atoms with Gasteiger partial charge in [-0.05, 0) is 33.2 Å². The van der Waals surface area contributed by atoms with E-state index in [9.17, 15) is 4.79 Å². The van der Waals surface area contributed by atoms with E-state index in [-0.39, 0.29) is 35.3 Å². The molecule has 2 N–H and O–H groups in total. The van der Waals surface area contributed by atoms with Gasteiger partial charge in [-0.1, -0.05) is 12.8 Å². The normalized spacial score (nSPS) is 16.1. The fourth-order valence-electron chi connectivity index (χ4n) is 3.49. The average Bonchev–Trinajstić information content (AvgIpc) is 3.09. The van der Waals surface area contributed by atoms with Crippen molar-refractivity contribution < 1.29 is 9.53 Å². The Balaban J connectivity index is 0.00000676. The Kier molecular flexibility index (Phi) is 14.1. The van der Waals surface area contributed by atoms with Crippen molar-refractivity contribution in [2.24, 2.45) is 10.4 Å². The van der Waals surface area contributed by atoms with Crippen LogP contribution in [0.3, 0.4) is 0 Å². The van der Waals surface area contributed by atoms with E-state index in [1.165, 1.54) is 0 Å². The molecule has 7 nitrogen and oxygen atoms in total. The Hall–Kier alpha value is -0.610. The molecule has 0 bridgehead atoms. The number of carbonyl (C=O) groups is 1. The zero-order chi connectivity index (χ0) is 19.4. The predicted molar refractivity (Wildman–Crippen MR) is 123 cm³/mol. The molecule has 0 radical (unpaired) electrons. The van der Waals surface area contributed by atoms with Gasteiger partial charge in [0.25, 0.3) is 0 Å². The Labute approximate surface area is 182 Å². The summed E-state index contributed by atoms with van der Waals surface area (Å²) in [7, 11) is 7.54. The van der Waals surface area contributed by atoms with Gasteiger partial charge in [-0.2, -0.15) is 0 Å². The summed E-state index contributed by atoms with van der Waals surface area (Å²) in [5, 5.41) is 6.69. The van der Waals surface area contributed by atoms with E-state index in [1.54, 1.807) is 12.0 Å². The molecule has 1 rings (SSSR count). The summed E-state index contributed by atoms with van der Waals surface area (Å²) in [5.74, 6) is 1.02. The SMILES string of the molecule is CCNC(=NCC1(C(=O)N(C)C)CCCC1)NCCN(C)CCCOC.I. The van der Waals surface area contributed by atoms with Crippen LogP contribution in [0.15, 0.2) is 4.99 Å². The zero-order valence-corrected chi connectivity index (χ0v) is 20.2. The van der Waals surface area contributed by atoms with E-state index < -0.39 is 0 Å².